The van der Waals surface area contributed by atoms with Crippen molar-refractivity contribution in [2.45, 2.75) is 26.9 Å². The summed E-state index contributed by atoms with van der Waals surface area (Å²) in [5.41, 5.74) is 9.63. The van der Waals surface area contributed by atoms with Crippen molar-refractivity contribution >= 4 is 43.6 Å². The fourth-order valence-electron chi connectivity index (χ4n) is 6.88. The van der Waals surface area contributed by atoms with E-state index in [1.54, 1.807) is 12.2 Å². The van der Waals surface area contributed by atoms with Gasteiger partial charge in [0.2, 0.25) is 0 Å². The summed E-state index contributed by atoms with van der Waals surface area (Å²) in [7, 11) is 0. The van der Waals surface area contributed by atoms with E-state index in [9.17, 15) is 0 Å². The highest BCUT2D eigenvalue weighted by Crippen LogP contribution is 2.51. The van der Waals surface area contributed by atoms with Crippen molar-refractivity contribution in [3.05, 3.63) is 122 Å². The number of ether oxygens (including phenoxy) is 2. The van der Waals surface area contributed by atoms with Crippen molar-refractivity contribution in [2.75, 3.05) is 13.2 Å². The Morgan fingerprint density at radius 3 is 1.41 bits per heavy atom. The monoisotopic (exact) mass is 576 g/mol. The first-order chi connectivity index (χ1) is 21.7. The summed E-state index contributed by atoms with van der Waals surface area (Å²) < 4.78 is 17.1. The van der Waals surface area contributed by atoms with Crippen LogP contribution in [0.15, 0.2) is 122 Å². The van der Waals surface area contributed by atoms with Gasteiger partial charge in [0.25, 0.3) is 0 Å². The molecule has 0 spiro atoms. The normalized spacial score (nSPS) is 11.5. The predicted octanol–water partition coefficient (Wildman–Crippen LogP) is 10.4. The highest BCUT2D eigenvalue weighted by molar-refractivity contribution is 6.32. The summed E-state index contributed by atoms with van der Waals surface area (Å²) in [5.74, 6) is 1.66. The summed E-state index contributed by atoms with van der Waals surface area (Å²) >= 11 is 0. The van der Waals surface area contributed by atoms with E-state index in [1.165, 1.54) is 54.7 Å². The van der Waals surface area contributed by atoms with Crippen LogP contribution < -0.4 is 9.47 Å². The number of rotatable bonds is 10. The van der Waals surface area contributed by atoms with Crippen LogP contribution in [-0.2, 0) is 13.1 Å². The predicted molar refractivity (Wildman–Crippen MR) is 186 cm³/mol. The second kappa shape index (κ2) is 11.5. The molecule has 0 fully saturated rings. The molecule has 0 aliphatic rings. The highest BCUT2D eigenvalue weighted by atomic mass is 16.5. The molecule has 7 rings (SSSR count). The molecule has 0 amide bonds. The lowest BCUT2D eigenvalue weighted by atomic mass is 9.89. The van der Waals surface area contributed by atoms with Crippen LogP contribution in [0, 0.1) is 0 Å². The zero-order chi connectivity index (χ0) is 30.2. The molecule has 44 heavy (non-hydrogen) atoms. The Bertz CT molecular complexity index is 2040. The van der Waals surface area contributed by atoms with E-state index >= 15 is 0 Å². The molecule has 0 N–H and O–H groups in total. The molecule has 0 radical (unpaired) electrons. The van der Waals surface area contributed by atoms with Crippen molar-refractivity contribution in [2.24, 2.45) is 0 Å². The minimum absolute atomic E-state index is 0.460. The number of aromatic nitrogens is 2. The zero-order valence-corrected chi connectivity index (χ0v) is 25.3. The van der Waals surface area contributed by atoms with Crippen molar-refractivity contribution < 1.29 is 9.47 Å². The maximum Gasteiger partial charge on any atom is 0.120 e. The minimum atomic E-state index is 0.460. The van der Waals surface area contributed by atoms with E-state index in [0.717, 1.165) is 35.7 Å². The fraction of sp³-hybridized carbons (Fsp3) is 0.150. The molecule has 2 aromatic heterocycles. The molecule has 0 bridgehead atoms. The van der Waals surface area contributed by atoms with Gasteiger partial charge in [0, 0.05) is 56.8 Å². The Hall–Kier alpha value is -5.22. The standard InChI is InChI=1S/C40H36N2O2/c1-5-23-43-29-17-13-15-27(25-29)35-37-31-19-9-11-21-33(31)42(8-4)40(37)36(28-16-14-18-30(26-28)44-24-6-2)38-32-20-10-12-22-34(32)41(7-3)39(35)38/h5-6,9-22,25-26H,1-2,7-8,23-24H2,3-4H3. The van der Waals surface area contributed by atoms with Gasteiger partial charge in [0.05, 0.1) is 11.0 Å². The molecule has 0 saturated carbocycles. The molecule has 5 aromatic carbocycles. The average molecular weight is 577 g/mol. The van der Waals surface area contributed by atoms with Gasteiger partial charge in [-0.15, -0.1) is 0 Å². The van der Waals surface area contributed by atoms with Gasteiger partial charge in [-0.1, -0.05) is 86.0 Å². The molecular formula is C40H36N2O2. The van der Waals surface area contributed by atoms with Gasteiger partial charge < -0.3 is 18.6 Å². The number of hydrogen-bond donors (Lipinski definition) is 0. The molecule has 2 heterocycles. The van der Waals surface area contributed by atoms with Gasteiger partial charge >= 0.3 is 0 Å². The van der Waals surface area contributed by atoms with Crippen LogP contribution in [0.25, 0.3) is 65.9 Å². The number of para-hydroxylation sites is 2. The molecule has 0 aliphatic heterocycles. The Morgan fingerprint density at radius 2 is 1.00 bits per heavy atom. The molecule has 0 atom stereocenters. The van der Waals surface area contributed by atoms with Gasteiger partial charge in [-0.25, -0.2) is 0 Å². The van der Waals surface area contributed by atoms with E-state index in [4.69, 9.17) is 9.47 Å². The number of nitrogens with zero attached hydrogens (tertiary/aromatic N) is 2. The van der Waals surface area contributed by atoms with Gasteiger partial charge in [-0.2, -0.15) is 0 Å². The lowest BCUT2D eigenvalue weighted by molar-refractivity contribution is 0.363. The van der Waals surface area contributed by atoms with Crippen molar-refractivity contribution in [3.8, 4) is 33.8 Å². The molecule has 4 nitrogen and oxygen atoms in total. The van der Waals surface area contributed by atoms with Gasteiger partial charge in [0.15, 0.2) is 0 Å². The first kappa shape index (κ1) is 27.6. The fourth-order valence-corrected chi connectivity index (χ4v) is 6.88. The van der Waals surface area contributed by atoms with Crippen LogP contribution in [-0.4, -0.2) is 22.3 Å². The summed E-state index contributed by atoms with van der Waals surface area (Å²) in [4.78, 5) is 0. The molecule has 0 aliphatic carbocycles. The third-order valence-electron chi connectivity index (χ3n) is 8.53. The molecule has 0 unspecified atom stereocenters. The average Bonchev–Trinajstić information content (AvgIpc) is 3.58. The van der Waals surface area contributed by atoms with E-state index in [0.29, 0.717) is 13.2 Å². The van der Waals surface area contributed by atoms with Crippen molar-refractivity contribution in [1.29, 1.82) is 0 Å². The molecular weight excluding hydrogens is 540 g/mol. The van der Waals surface area contributed by atoms with Crippen LogP contribution in [0.2, 0.25) is 0 Å². The van der Waals surface area contributed by atoms with Crippen molar-refractivity contribution in [1.82, 2.24) is 9.13 Å². The van der Waals surface area contributed by atoms with E-state index in [2.05, 4.69) is 121 Å². The maximum absolute atomic E-state index is 6.06. The second-order valence-corrected chi connectivity index (χ2v) is 11.0. The summed E-state index contributed by atoms with van der Waals surface area (Å²) in [6.07, 6.45) is 3.57. The smallest absolute Gasteiger partial charge is 0.120 e. The largest absolute Gasteiger partial charge is 0.490 e. The molecule has 4 heteroatoms. The number of aryl methyl sites for hydroxylation is 2. The Kier molecular flexibility index (Phi) is 7.19. The van der Waals surface area contributed by atoms with Crippen LogP contribution >= 0.6 is 0 Å². The third-order valence-corrected chi connectivity index (χ3v) is 8.53. The summed E-state index contributed by atoms with van der Waals surface area (Å²) in [5, 5.41) is 4.99. The van der Waals surface area contributed by atoms with Gasteiger partial charge in [-0.05, 0) is 61.4 Å². The number of hydrogen-bond acceptors (Lipinski definition) is 2. The Labute approximate surface area is 258 Å². The SMILES string of the molecule is C=CCOc1cccc(-c2c3c4ccccc4n(CC)c3c(-c3cccc(OCC=C)c3)c3c4ccccc4n(CC)c23)c1. The van der Waals surface area contributed by atoms with E-state index in [1.807, 2.05) is 12.1 Å². The Morgan fingerprint density at radius 1 is 0.568 bits per heavy atom. The molecule has 0 saturated heterocycles. The second-order valence-electron chi connectivity index (χ2n) is 11.0. The first-order valence-corrected chi connectivity index (χ1v) is 15.4. The lowest BCUT2D eigenvalue weighted by Gasteiger charge is -2.18. The summed E-state index contributed by atoms with van der Waals surface area (Å²) in [6.45, 7) is 14.8. The quantitative estimate of drug-likeness (QED) is 0.152. The number of fused-ring (bicyclic) bond motifs is 6. The van der Waals surface area contributed by atoms with Crippen LogP contribution in [0.4, 0.5) is 0 Å². The minimum Gasteiger partial charge on any atom is -0.490 e. The highest BCUT2D eigenvalue weighted by Gasteiger charge is 2.27. The van der Waals surface area contributed by atoms with E-state index in [-0.39, 0.29) is 0 Å². The zero-order valence-electron chi connectivity index (χ0n) is 25.3. The van der Waals surface area contributed by atoms with Gasteiger partial charge in [0.1, 0.15) is 24.7 Å². The Balaban J connectivity index is 1.75. The molecule has 218 valence electrons. The topological polar surface area (TPSA) is 28.3 Å². The van der Waals surface area contributed by atoms with Crippen molar-refractivity contribution in [3.63, 3.8) is 0 Å². The lowest BCUT2D eigenvalue weighted by Crippen LogP contribution is -2.00. The third kappa shape index (κ3) is 4.29. The molecule has 7 aromatic rings. The van der Waals surface area contributed by atoms with Crippen LogP contribution in [0.5, 0.6) is 11.5 Å². The van der Waals surface area contributed by atoms with Gasteiger partial charge in [-0.3, -0.25) is 0 Å². The number of benzene rings is 5. The first-order valence-electron chi connectivity index (χ1n) is 15.4. The van der Waals surface area contributed by atoms with Crippen LogP contribution in [0.1, 0.15) is 13.8 Å². The van der Waals surface area contributed by atoms with Crippen LogP contribution in [0.3, 0.4) is 0 Å². The van der Waals surface area contributed by atoms with E-state index < -0.39 is 0 Å². The maximum atomic E-state index is 6.06. The summed E-state index contributed by atoms with van der Waals surface area (Å²) in [6, 6.07) is 34.6.